The number of aryl methyl sites for hydroxylation is 1. The van der Waals surface area contributed by atoms with Crippen molar-refractivity contribution in [2.75, 3.05) is 14.2 Å². The highest BCUT2D eigenvalue weighted by atomic mass is 35.5. The van der Waals surface area contributed by atoms with Crippen LogP contribution in [0.3, 0.4) is 0 Å². The fraction of sp³-hybridized carbons (Fsp3) is 0.526. The van der Waals surface area contributed by atoms with Gasteiger partial charge in [-0.3, -0.25) is 0 Å². The third-order valence-electron chi connectivity index (χ3n) is 3.77. The molecule has 1 aromatic carbocycles. The number of oxime groups is 1. The van der Waals surface area contributed by atoms with E-state index in [1.165, 1.54) is 7.11 Å². The van der Waals surface area contributed by atoms with Crippen LogP contribution in [0.1, 0.15) is 51.1 Å². The van der Waals surface area contributed by atoms with Crippen molar-refractivity contribution in [3.63, 3.8) is 0 Å². The van der Waals surface area contributed by atoms with Crippen molar-refractivity contribution >= 4 is 28.8 Å². The first-order chi connectivity index (χ1) is 12.8. The molecule has 0 aliphatic heterocycles. The van der Waals surface area contributed by atoms with Gasteiger partial charge in [-0.1, -0.05) is 62.2 Å². The van der Waals surface area contributed by atoms with Gasteiger partial charge in [-0.05, 0) is 24.6 Å². The van der Waals surface area contributed by atoms with Gasteiger partial charge in [0.25, 0.3) is 0 Å². The lowest BCUT2D eigenvalue weighted by molar-refractivity contribution is 0.213. The number of hydrogen-bond donors (Lipinski definition) is 0. The summed E-state index contributed by atoms with van der Waals surface area (Å²) in [5.74, 6) is 1.02. The molecule has 6 nitrogen and oxygen atoms in total. The molecule has 0 N–H and O–H groups in total. The zero-order valence-electron chi connectivity index (χ0n) is 16.7. The molecule has 0 atom stereocenters. The van der Waals surface area contributed by atoms with Gasteiger partial charge in [-0.25, -0.2) is 4.68 Å². The largest absolute Gasteiger partial charge is 0.496 e. The molecule has 2 aromatic rings. The first-order valence-electron chi connectivity index (χ1n) is 8.88. The van der Waals surface area contributed by atoms with Crippen LogP contribution in [0.2, 0.25) is 5.02 Å². The summed E-state index contributed by atoms with van der Waals surface area (Å²) in [6.45, 7) is 9.38. The molecule has 0 unspecified atom stereocenters. The molecule has 1 heterocycles. The fourth-order valence-electron chi connectivity index (χ4n) is 2.31. The number of benzene rings is 1. The summed E-state index contributed by atoms with van der Waals surface area (Å²) in [6.07, 6.45) is 2.10. The molecule has 0 saturated carbocycles. The van der Waals surface area contributed by atoms with Crippen molar-refractivity contribution in [3.05, 3.63) is 38.6 Å². The molecular formula is C19H27ClN4O2S. The number of methoxy groups -OCH3 is 1. The second-order valence-electron chi connectivity index (χ2n) is 7.07. The molecule has 0 spiro atoms. The van der Waals surface area contributed by atoms with Gasteiger partial charge in [0.1, 0.15) is 17.9 Å². The average Bonchev–Trinajstić information content (AvgIpc) is 3.02. The van der Waals surface area contributed by atoms with Crippen LogP contribution < -0.4 is 9.54 Å². The third-order valence-corrected chi connectivity index (χ3v) is 5.37. The molecule has 148 valence electrons. The summed E-state index contributed by atoms with van der Waals surface area (Å²) >= 11 is 7.74. The van der Waals surface area contributed by atoms with Gasteiger partial charge in [-0.2, -0.15) is 10.1 Å². The highest BCUT2D eigenvalue weighted by Crippen LogP contribution is 2.25. The molecule has 1 aromatic heterocycles. The molecular weight excluding hydrogens is 384 g/mol. The maximum atomic E-state index is 6.18. The van der Waals surface area contributed by atoms with E-state index < -0.39 is 0 Å². The van der Waals surface area contributed by atoms with Gasteiger partial charge in [0.05, 0.1) is 12.7 Å². The molecule has 0 amide bonds. The Morgan fingerprint density at radius 3 is 2.63 bits per heavy atom. The minimum absolute atomic E-state index is 0.0568. The molecule has 27 heavy (non-hydrogen) atoms. The predicted molar refractivity (Wildman–Crippen MR) is 111 cm³/mol. The van der Waals surface area contributed by atoms with Crippen LogP contribution in [-0.4, -0.2) is 29.8 Å². The van der Waals surface area contributed by atoms with Crippen molar-refractivity contribution in [2.24, 2.45) is 10.1 Å². The lowest BCUT2D eigenvalue weighted by Crippen LogP contribution is -2.19. The van der Waals surface area contributed by atoms with E-state index in [1.54, 1.807) is 36.6 Å². The number of nitrogens with zero attached hydrogens (tertiary/aromatic N) is 4. The number of halogens is 1. The Labute approximate surface area is 169 Å². The maximum absolute atomic E-state index is 6.18. The van der Waals surface area contributed by atoms with Crippen LogP contribution in [-0.2, 0) is 16.8 Å². The topological polar surface area (TPSA) is 61.0 Å². The number of unbranched alkanes of at least 4 members (excludes halogenated alkanes) is 1. The summed E-state index contributed by atoms with van der Waals surface area (Å²) < 4.78 is 7.39. The van der Waals surface area contributed by atoms with Gasteiger partial charge in [0, 0.05) is 17.0 Å². The molecule has 0 saturated heterocycles. The Kier molecular flexibility index (Phi) is 7.44. The number of aromatic nitrogens is 2. The van der Waals surface area contributed by atoms with E-state index in [9.17, 15) is 0 Å². The SMILES string of the molecule is CCCCn1nc(C(C)(C)C)sc1=N/C(=N/OC)c1cc(Cl)ccc1OC. The highest BCUT2D eigenvalue weighted by molar-refractivity contribution is 7.09. The lowest BCUT2D eigenvalue weighted by atomic mass is 9.98. The normalized spacial score (nSPS) is 13.1. The summed E-state index contributed by atoms with van der Waals surface area (Å²) in [5.41, 5.74) is 0.609. The van der Waals surface area contributed by atoms with Gasteiger partial charge in [0.15, 0.2) is 0 Å². The summed E-state index contributed by atoms with van der Waals surface area (Å²) in [5, 5.41) is 10.5. The van der Waals surface area contributed by atoms with Crippen LogP contribution in [0.15, 0.2) is 28.3 Å². The van der Waals surface area contributed by atoms with E-state index in [0.29, 0.717) is 22.2 Å². The number of ether oxygens (including phenoxy) is 1. The van der Waals surface area contributed by atoms with Gasteiger partial charge >= 0.3 is 0 Å². The van der Waals surface area contributed by atoms with E-state index in [1.807, 2.05) is 4.68 Å². The van der Waals surface area contributed by atoms with Crippen LogP contribution in [0.4, 0.5) is 0 Å². The smallest absolute Gasteiger partial charge is 0.209 e. The molecule has 0 radical (unpaired) electrons. The van der Waals surface area contributed by atoms with Crippen molar-refractivity contribution in [1.29, 1.82) is 0 Å². The Balaban J connectivity index is 2.63. The highest BCUT2D eigenvalue weighted by Gasteiger charge is 2.20. The van der Waals surface area contributed by atoms with E-state index in [2.05, 4.69) is 32.9 Å². The summed E-state index contributed by atoms with van der Waals surface area (Å²) in [7, 11) is 3.09. The van der Waals surface area contributed by atoms with Crippen molar-refractivity contribution in [2.45, 2.75) is 52.5 Å². The predicted octanol–water partition coefficient (Wildman–Crippen LogP) is 4.61. The zero-order chi connectivity index (χ0) is 20.0. The number of hydrogen-bond acceptors (Lipinski definition) is 5. The van der Waals surface area contributed by atoms with Crippen molar-refractivity contribution in [3.8, 4) is 5.75 Å². The minimum atomic E-state index is -0.0568. The van der Waals surface area contributed by atoms with Crippen molar-refractivity contribution in [1.82, 2.24) is 9.78 Å². The Bertz CT molecular complexity index is 865. The van der Waals surface area contributed by atoms with E-state index in [4.69, 9.17) is 31.3 Å². The van der Waals surface area contributed by atoms with Crippen LogP contribution in [0, 0.1) is 0 Å². The van der Waals surface area contributed by atoms with Crippen LogP contribution in [0.5, 0.6) is 5.75 Å². The molecule has 0 bridgehead atoms. The zero-order valence-corrected chi connectivity index (χ0v) is 18.3. The van der Waals surface area contributed by atoms with Crippen LogP contribution >= 0.6 is 22.9 Å². The fourth-order valence-corrected chi connectivity index (χ4v) is 3.47. The Hall–Kier alpha value is -1.86. The van der Waals surface area contributed by atoms with Gasteiger partial charge < -0.3 is 9.57 Å². The van der Waals surface area contributed by atoms with E-state index >= 15 is 0 Å². The number of amidine groups is 1. The van der Waals surface area contributed by atoms with Crippen molar-refractivity contribution < 1.29 is 9.57 Å². The Morgan fingerprint density at radius 2 is 2.04 bits per heavy atom. The molecule has 0 fully saturated rings. The maximum Gasteiger partial charge on any atom is 0.209 e. The van der Waals surface area contributed by atoms with Crippen LogP contribution in [0.25, 0.3) is 0 Å². The van der Waals surface area contributed by atoms with E-state index in [-0.39, 0.29) is 5.41 Å². The summed E-state index contributed by atoms with van der Waals surface area (Å²) in [6, 6.07) is 5.32. The standard InChI is InChI=1S/C19H27ClN4O2S/c1-7-8-11-24-18(27-17(22-24)19(2,3)4)21-16(23-26-6)14-12-13(20)9-10-15(14)25-5/h9-10,12H,7-8,11H2,1-6H3/b21-18?,23-16+. The Morgan fingerprint density at radius 1 is 1.30 bits per heavy atom. The first-order valence-corrected chi connectivity index (χ1v) is 10.1. The van der Waals surface area contributed by atoms with Gasteiger partial charge in [-0.15, -0.1) is 0 Å². The van der Waals surface area contributed by atoms with E-state index in [0.717, 1.165) is 29.2 Å². The lowest BCUT2D eigenvalue weighted by Gasteiger charge is -2.12. The molecule has 2 rings (SSSR count). The second-order valence-corrected chi connectivity index (χ2v) is 8.46. The van der Waals surface area contributed by atoms with Gasteiger partial charge in [0.2, 0.25) is 10.6 Å². The number of rotatable bonds is 6. The summed E-state index contributed by atoms with van der Waals surface area (Å²) in [4.78, 5) is 10.6. The average molecular weight is 411 g/mol. The molecule has 0 aliphatic carbocycles. The quantitative estimate of drug-likeness (QED) is 0.396. The third kappa shape index (κ3) is 5.56. The second kappa shape index (κ2) is 9.37. The first kappa shape index (κ1) is 21.4. The molecule has 8 heteroatoms. The minimum Gasteiger partial charge on any atom is -0.496 e. The molecule has 0 aliphatic rings. The monoisotopic (exact) mass is 410 g/mol.